The first-order valence-corrected chi connectivity index (χ1v) is 13.0. The Morgan fingerprint density at radius 2 is 1.92 bits per heavy atom. The maximum Gasteiger partial charge on any atom is 0.233 e. The number of rotatable bonds is 6. The van der Waals surface area contributed by atoms with Crippen LogP contribution in [0.5, 0.6) is 0 Å². The SMILES string of the molecule is CC1(C(=O)N2CCN(c3ccc(-c4cc5nccnc5c(NC[C@@H]5CNCCO5)n4)cc3)CC2)COC1. The van der Waals surface area contributed by atoms with Gasteiger partial charge in [-0.1, -0.05) is 12.1 Å². The first-order valence-electron chi connectivity index (χ1n) is 13.0. The highest BCUT2D eigenvalue weighted by Gasteiger charge is 2.44. The van der Waals surface area contributed by atoms with Crippen LogP contribution in [0.15, 0.2) is 42.7 Å². The van der Waals surface area contributed by atoms with Gasteiger partial charge in [-0.25, -0.2) is 9.97 Å². The van der Waals surface area contributed by atoms with Gasteiger partial charge in [0, 0.05) is 69.5 Å². The number of hydrogen-bond acceptors (Lipinski definition) is 9. The summed E-state index contributed by atoms with van der Waals surface area (Å²) in [4.78, 5) is 31.1. The van der Waals surface area contributed by atoms with E-state index in [1.165, 1.54) is 0 Å². The molecule has 3 saturated heterocycles. The number of hydrogen-bond donors (Lipinski definition) is 2. The largest absolute Gasteiger partial charge is 0.379 e. The first kappa shape index (κ1) is 24.0. The highest BCUT2D eigenvalue weighted by molar-refractivity contribution is 5.88. The van der Waals surface area contributed by atoms with E-state index in [-0.39, 0.29) is 17.4 Å². The number of carbonyl (C=O) groups excluding carboxylic acids is 1. The minimum atomic E-state index is -0.338. The summed E-state index contributed by atoms with van der Waals surface area (Å²) in [6.45, 7) is 9.22. The van der Waals surface area contributed by atoms with Crippen LogP contribution in [0.1, 0.15) is 6.92 Å². The molecule has 2 N–H and O–H groups in total. The van der Waals surface area contributed by atoms with Crippen LogP contribution in [0.25, 0.3) is 22.3 Å². The number of morpholine rings is 1. The zero-order valence-corrected chi connectivity index (χ0v) is 21.2. The summed E-state index contributed by atoms with van der Waals surface area (Å²) in [5, 5.41) is 6.79. The van der Waals surface area contributed by atoms with E-state index in [0.717, 1.165) is 67.2 Å². The fourth-order valence-corrected chi connectivity index (χ4v) is 5.13. The van der Waals surface area contributed by atoms with Gasteiger partial charge >= 0.3 is 0 Å². The van der Waals surface area contributed by atoms with E-state index in [1.54, 1.807) is 12.4 Å². The number of aromatic nitrogens is 3. The number of benzene rings is 1. The van der Waals surface area contributed by atoms with Crippen molar-refractivity contribution in [3.63, 3.8) is 0 Å². The van der Waals surface area contributed by atoms with Crippen molar-refractivity contribution in [3.8, 4) is 11.3 Å². The average Bonchev–Trinajstić information content (AvgIpc) is 2.95. The van der Waals surface area contributed by atoms with E-state index in [2.05, 4.69) is 49.8 Å². The number of ether oxygens (including phenoxy) is 2. The highest BCUT2D eigenvalue weighted by Crippen LogP contribution is 2.31. The van der Waals surface area contributed by atoms with Crippen molar-refractivity contribution in [2.75, 3.05) is 75.9 Å². The average molecular weight is 504 g/mol. The van der Waals surface area contributed by atoms with Gasteiger partial charge in [0.15, 0.2) is 5.82 Å². The third-order valence-corrected chi connectivity index (χ3v) is 7.41. The Balaban J connectivity index is 1.15. The normalized spacial score (nSPS) is 21.5. The van der Waals surface area contributed by atoms with Crippen LogP contribution in [0.2, 0.25) is 0 Å². The third-order valence-electron chi connectivity index (χ3n) is 7.41. The summed E-state index contributed by atoms with van der Waals surface area (Å²) in [6, 6.07) is 10.4. The number of anilines is 2. The number of carbonyl (C=O) groups is 1. The molecule has 194 valence electrons. The van der Waals surface area contributed by atoms with E-state index in [1.807, 2.05) is 17.9 Å². The van der Waals surface area contributed by atoms with Gasteiger partial charge in [0.1, 0.15) is 5.52 Å². The first-order chi connectivity index (χ1) is 18.1. The fraction of sp³-hybridized carbons (Fsp3) is 0.481. The van der Waals surface area contributed by atoms with Crippen LogP contribution in [0.4, 0.5) is 11.5 Å². The topological polar surface area (TPSA) is 105 Å². The molecular formula is C27H33N7O3. The molecule has 10 heteroatoms. The lowest BCUT2D eigenvalue weighted by atomic mass is 9.86. The molecule has 2 aromatic heterocycles. The Morgan fingerprint density at radius 1 is 1.14 bits per heavy atom. The van der Waals surface area contributed by atoms with Crippen molar-refractivity contribution in [1.29, 1.82) is 0 Å². The molecule has 37 heavy (non-hydrogen) atoms. The molecule has 0 bridgehead atoms. The molecule has 0 saturated carbocycles. The van der Waals surface area contributed by atoms with Gasteiger partial charge in [0.05, 0.1) is 42.6 Å². The number of fused-ring (bicyclic) bond motifs is 1. The van der Waals surface area contributed by atoms with Crippen molar-refractivity contribution in [1.82, 2.24) is 25.2 Å². The minimum Gasteiger partial charge on any atom is -0.379 e. The second-order valence-electron chi connectivity index (χ2n) is 10.2. The Bertz CT molecular complexity index is 1250. The van der Waals surface area contributed by atoms with Gasteiger partial charge in [0.2, 0.25) is 5.91 Å². The molecule has 3 aromatic rings. The number of pyridine rings is 1. The van der Waals surface area contributed by atoms with Gasteiger partial charge < -0.3 is 29.9 Å². The molecule has 0 spiro atoms. The van der Waals surface area contributed by atoms with Crippen molar-refractivity contribution >= 4 is 28.4 Å². The molecule has 1 amide bonds. The van der Waals surface area contributed by atoms with E-state index in [4.69, 9.17) is 14.5 Å². The number of nitrogens with one attached hydrogen (secondary N) is 2. The second-order valence-corrected chi connectivity index (χ2v) is 10.2. The summed E-state index contributed by atoms with van der Waals surface area (Å²) in [5.41, 5.74) is 4.22. The molecule has 0 unspecified atom stereocenters. The summed E-state index contributed by atoms with van der Waals surface area (Å²) in [6.07, 6.45) is 3.48. The van der Waals surface area contributed by atoms with E-state index >= 15 is 0 Å². The Hall–Kier alpha value is -3.34. The zero-order valence-electron chi connectivity index (χ0n) is 21.2. The molecule has 5 heterocycles. The lowest BCUT2D eigenvalue weighted by molar-refractivity contribution is -0.169. The molecule has 3 aliphatic rings. The van der Waals surface area contributed by atoms with Crippen LogP contribution in [0, 0.1) is 5.41 Å². The van der Waals surface area contributed by atoms with Crippen molar-refractivity contribution in [3.05, 3.63) is 42.7 Å². The molecule has 0 radical (unpaired) electrons. The summed E-state index contributed by atoms with van der Waals surface area (Å²) >= 11 is 0. The maximum absolute atomic E-state index is 12.8. The smallest absolute Gasteiger partial charge is 0.233 e. The molecule has 0 aliphatic carbocycles. The van der Waals surface area contributed by atoms with E-state index < -0.39 is 0 Å². The molecule has 3 aliphatic heterocycles. The van der Waals surface area contributed by atoms with E-state index in [9.17, 15) is 4.79 Å². The van der Waals surface area contributed by atoms with Crippen LogP contribution in [0.3, 0.4) is 0 Å². The lowest BCUT2D eigenvalue weighted by Crippen LogP contribution is -2.58. The zero-order chi connectivity index (χ0) is 25.2. The predicted molar refractivity (Wildman–Crippen MR) is 142 cm³/mol. The molecule has 1 atom stereocenters. The number of piperazine rings is 1. The molecule has 1 aromatic carbocycles. The monoisotopic (exact) mass is 503 g/mol. The van der Waals surface area contributed by atoms with Crippen LogP contribution in [-0.4, -0.2) is 97.5 Å². The summed E-state index contributed by atoms with van der Waals surface area (Å²) < 4.78 is 11.1. The highest BCUT2D eigenvalue weighted by atomic mass is 16.5. The molecule has 6 rings (SSSR count). The summed E-state index contributed by atoms with van der Waals surface area (Å²) in [7, 11) is 0. The fourth-order valence-electron chi connectivity index (χ4n) is 5.13. The van der Waals surface area contributed by atoms with Crippen molar-refractivity contribution < 1.29 is 14.3 Å². The van der Waals surface area contributed by atoms with Crippen LogP contribution in [-0.2, 0) is 14.3 Å². The van der Waals surface area contributed by atoms with E-state index in [0.29, 0.717) is 32.2 Å². The Kier molecular flexibility index (Phi) is 6.62. The predicted octanol–water partition coefficient (Wildman–Crippen LogP) is 1.78. The maximum atomic E-state index is 12.8. The minimum absolute atomic E-state index is 0.0888. The molecule has 10 nitrogen and oxygen atoms in total. The van der Waals surface area contributed by atoms with Gasteiger partial charge in [-0.3, -0.25) is 9.78 Å². The second kappa shape index (κ2) is 10.2. The van der Waals surface area contributed by atoms with Gasteiger partial charge in [0.25, 0.3) is 0 Å². The van der Waals surface area contributed by atoms with Crippen LogP contribution >= 0.6 is 0 Å². The van der Waals surface area contributed by atoms with Gasteiger partial charge in [-0.2, -0.15) is 0 Å². The quantitative estimate of drug-likeness (QED) is 0.521. The summed E-state index contributed by atoms with van der Waals surface area (Å²) in [5.74, 6) is 0.931. The molecular weight excluding hydrogens is 470 g/mol. The third kappa shape index (κ3) is 4.96. The Labute approximate surface area is 216 Å². The molecule has 3 fully saturated rings. The number of nitrogens with zero attached hydrogens (tertiary/aromatic N) is 5. The van der Waals surface area contributed by atoms with Crippen molar-refractivity contribution in [2.24, 2.45) is 5.41 Å². The van der Waals surface area contributed by atoms with Gasteiger partial charge in [-0.05, 0) is 25.1 Å². The van der Waals surface area contributed by atoms with Crippen LogP contribution < -0.4 is 15.5 Å². The Morgan fingerprint density at radius 3 is 2.62 bits per heavy atom. The standard InChI is InChI=1S/C27H33N7O3/c1-27(17-36-18-27)26(35)34-11-9-33(10-12-34)20-4-2-19(3-5-20)22-14-23-24(30-7-6-29-23)25(32-22)31-16-21-15-28-8-13-37-21/h2-7,14,21,28H,8-13,15-18H2,1H3,(H,31,32)/t21-/m0/s1. The van der Waals surface area contributed by atoms with Gasteiger partial charge in [-0.15, -0.1) is 0 Å². The van der Waals surface area contributed by atoms with Crippen molar-refractivity contribution in [2.45, 2.75) is 13.0 Å². The lowest BCUT2D eigenvalue weighted by Gasteiger charge is -2.43. The number of amides is 1.